The standard InChI is InChI=1S/C22H30O6/c1-11(2)15-18(26)16-13(23)10-22(6,12(3)4)21(5,9-8-14(24)25)17(16)19(27)20(15)28-7/h11,26-27H,3,8-10H2,1-2,4-7H3,(H,24,25). The van der Waals surface area contributed by atoms with Crippen LogP contribution in [0.1, 0.15) is 81.3 Å². The molecule has 0 bridgehead atoms. The van der Waals surface area contributed by atoms with Gasteiger partial charge in [-0.15, -0.1) is 0 Å². The zero-order valence-electron chi connectivity index (χ0n) is 17.5. The number of ether oxygens (including phenoxy) is 1. The van der Waals surface area contributed by atoms with Gasteiger partial charge in [-0.2, -0.15) is 0 Å². The fourth-order valence-electron chi connectivity index (χ4n) is 4.53. The molecule has 0 saturated carbocycles. The molecule has 28 heavy (non-hydrogen) atoms. The Labute approximate surface area is 165 Å². The van der Waals surface area contributed by atoms with Crippen molar-refractivity contribution in [2.75, 3.05) is 7.11 Å². The number of carboxylic acid groups (broad SMARTS) is 1. The molecule has 0 amide bonds. The molecule has 1 aliphatic rings. The highest BCUT2D eigenvalue weighted by atomic mass is 16.5. The molecule has 1 aliphatic carbocycles. The van der Waals surface area contributed by atoms with Crippen LogP contribution in [0.5, 0.6) is 17.2 Å². The third-order valence-electron chi connectivity index (χ3n) is 6.56. The van der Waals surface area contributed by atoms with Gasteiger partial charge in [0.25, 0.3) is 0 Å². The number of ketones is 1. The first-order valence-corrected chi connectivity index (χ1v) is 9.40. The van der Waals surface area contributed by atoms with E-state index < -0.39 is 16.8 Å². The normalized spacial score (nSPS) is 24.2. The van der Waals surface area contributed by atoms with E-state index in [1.54, 1.807) is 6.92 Å². The third kappa shape index (κ3) is 2.95. The number of fused-ring (bicyclic) bond motifs is 1. The number of rotatable bonds is 6. The molecule has 0 aromatic heterocycles. The monoisotopic (exact) mass is 390 g/mol. The highest BCUT2D eigenvalue weighted by Gasteiger charge is 2.55. The van der Waals surface area contributed by atoms with Gasteiger partial charge in [0.1, 0.15) is 5.75 Å². The van der Waals surface area contributed by atoms with Crippen LogP contribution in [-0.2, 0) is 10.2 Å². The number of aromatic hydroxyl groups is 2. The molecule has 2 unspecified atom stereocenters. The van der Waals surface area contributed by atoms with Crippen LogP contribution >= 0.6 is 0 Å². The number of phenols is 2. The Morgan fingerprint density at radius 2 is 1.82 bits per heavy atom. The SMILES string of the molecule is C=C(C)C1(C)CC(=O)c2c(O)c(C(C)C)c(OC)c(O)c2C1(C)CCC(=O)O. The summed E-state index contributed by atoms with van der Waals surface area (Å²) < 4.78 is 5.41. The Hall–Kier alpha value is -2.50. The molecule has 1 aromatic carbocycles. The van der Waals surface area contributed by atoms with Gasteiger partial charge in [0, 0.05) is 34.8 Å². The predicted octanol–water partition coefficient (Wildman–Crippen LogP) is 4.52. The van der Waals surface area contributed by atoms with E-state index in [9.17, 15) is 24.9 Å². The molecule has 0 saturated heterocycles. The van der Waals surface area contributed by atoms with Crippen molar-refractivity contribution < 1.29 is 29.6 Å². The van der Waals surface area contributed by atoms with Gasteiger partial charge in [-0.25, -0.2) is 0 Å². The van der Waals surface area contributed by atoms with Crippen molar-refractivity contribution in [3.63, 3.8) is 0 Å². The minimum atomic E-state index is -0.974. The molecule has 2 rings (SSSR count). The molecule has 2 atom stereocenters. The van der Waals surface area contributed by atoms with Gasteiger partial charge in [-0.05, 0) is 19.3 Å². The molecule has 1 aromatic rings. The second-order valence-corrected chi connectivity index (χ2v) is 8.49. The number of phenolic OH excluding ortho intramolecular Hbond substituents is 2. The van der Waals surface area contributed by atoms with E-state index >= 15 is 0 Å². The molecule has 0 spiro atoms. The van der Waals surface area contributed by atoms with Crippen molar-refractivity contribution in [3.8, 4) is 17.2 Å². The lowest BCUT2D eigenvalue weighted by Gasteiger charge is -2.51. The second kappa shape index (κ2) is 7.15. The molecule has 6 nitrogen and oxygen atoms in total. The molecule has 0 aliphatic heterocycles. The van der Waals surface area contributed by atoms with E-state index in [1.165, 1.54) is 7.11 Å². The minimum absolute atomic E-state index is 0.0635. The van der Waals surface area contributed by atoms with Gasteiger partial charge < -0.3 is 20.1 Å². The topological polar surface area (TPSA) is 104 Å². The van der Waals surface area contributed by atoms with Gasteiger partial charge in [-0.3, -0.25) is 9.59 Å². The molecular weight excluding hydrogens is 360 g/mol. The third-order valence-corrected chi connectivity index (χ3v) is 6.56. The first-order chi connectivity index (χ1) is 12.8. The van der Waals surface area contributed by atoms with E-state index in [1.807, 2.05) is 27.7 Å². The number of carbonyl (C=O) groups is 2. The number of hydrogen-bond acceptors (Lipinski definition) is 5. The lowest BCUT2D eigenvalue weighted by Crippen LogP contribution is -2.48. The molecule has 6 heteroatoms. The summed E-state index contributed by atoms with van der Waals surface area (Å²) >= 11 is 0. The van der Waals surface area contributed by atoms with Crippen LogP contribution < -0.4 is 4.74 Å². The number of aliphatic carboxylic acids is 1. The van der Waals surface area contributed by atoms with E-state index in [2.05, 4.69) is 6.58 Å². The Kier molecular flexibility index (Phi) is 5.57. The highest BCUT2D eigenvalue weighted by molar-refractivity contribution is 6.04. The molecule has 0 fully saturated rings. The summed E-state index contributed by atoms with van der Waals surface area (Å²) in [5.41, 5.74) is -0.342. The lowest BCUT2D eigenvalue weighted by molar-refractivity contribution is -0.137. The quantitative estimate of drug-likeness (QED) is 0.487. The summed E-state index contributed by atoms with van der Waals surface area (Å²) in [5, 5.41) is 31.4. The van der Waals surface area contributed by atoms with Crippen LogP contribution in [0.3, 0.4) is 0 Å². The van der Waals surface area contributed by atoms with Crippen molar-refractivity contribution in [2.24, 2.45) is 5.41 Å². The number of carbonyl (C=O) groups excluding carboxylic acids is 1. The summed E-state index contributed by atoms with van der Waals surface area (Å²) in [4.78, 5) is 24.4. The summed E-state index contributed by atoms with van der Waals surface area (Å²) in [6.07, 6.45) is 0.0902. The van der Waals surface area contributed by atoms with Crippen LogP contribution in [0.4, 0.5) is 0 Å². The van der Waals surface area contributed by atoms with E-state index in [0.29, 0.717) is 11.1 Å². The number of methoxy groups -OCH3 is 1. The van der Waals surface area contributed by atoms with E-state index in [-0.39, 0.29) is 59.3 Å². The van der Waals surface area contributed by atoms with Crippen LogP contribution in [-0.4, -0.2) is 34.2 Å². The van der Waals surface area contributed by atoms with Gasteiger partial charge >= 0.3 is 5.97 Å². The smallest absolute Gasteiger partial charge is 0.303 e. The Bertz CT molecular complexity index is 853. The van der Waals surface area contributed by atoms with Crippen LogP contribution in [0.25, 0.3) is 0 Å². The van der Waals surface area contributed by atoms with Gasteiger partial charge in [0.05, 0.1) is 12.7 Å². The van der Waals surface area contributed by atoms with Gasteiger partial charge in [-0.1, -0.05) is 39.8 Å². The fraction of sp³-hybridized carbons (Fsp3) is 0.545. The summed E-state index contributed by atoms with van der Waals surface area (Å²) in [6.45, 7) is 13.2. The maximum Gasteiger partial charge on any atom is 0.303 e. The number of hydrogen-bond donors (Lipinski definition) is 3. The van der Waals surface area contributed by atoms with Crippen molar-refractivity contribution in [1.29, 1.82) is 0 Å². The molecule has 154 valence electrons. The summed E-state index contributed by atoms with van der Waals surface area (Å²) in [6, 6.07) is 0. The molecule has 0 radical (unpaired) electrons. The average Bonchev–Trinajstić information content (AvgIpc) is 2.58. The Morgan fingerprint density at radius 1 is 1.25 bits per heavy atom. The van der Waals surface area contributed by atoms with Gasteiger partial charge in [0.2, 0.25) is 0 Å². The summed E-state index contributed by atoms with van der Waals surface area (Å²) in [5.74, 6) is -1.77. The van der Waals surface area contributed by atoms with Crippen molar-refractivity contribution >= 4 is 11.8 Å². The summed E-state index contributed by atoms with van der Waals surface area (Å²) in [7, 11) is 1.39. The largest absolute Gasteiger partial charge is 0.507 e. The van der Waals surface area contributed by atoms with Crippen LogP contribution in [0.15, 0.2) is 12.2 Å². The maximum absolute atomic E-state index is 13.1. The molecular formula is C22H30O6. The minimum Gasteiger partial charge on any atom is -0.507 e. The molecule has 0 heterocycles. The Morgan fingerprint density at radius 3 is 2.25 bits per heavy atom. The molecule has 3 N–H and O–H groups in total. The predicted molar refractivity (Wildman–Crippen MR) is 107 cm³/mol. The maximum atomic E-state index is 13.1. The van der Waals surface area contributed by atoms with Crippen molar-refractivity contribution in [2.45, 2.75) is 65.2 Å². The number of benzene rings is 1. The van der Waals surface area contributed by atoms with E-state index in [0.717, 1.165) is 0 Å². The average molecular weight is 390 g/mol. The highest BCUT2D eigenvalue weighted by Crippen LogP contribution is 2.62. The fourth-order valence-corrected chi connectivity index (χ4v) is 4.53. The van der Waals surface area contributed by atoms with Crippen molar-refractivity contribution in [3.05, 3.63) is 28.8 Å². The zero-order valence-corrected chi connectivity index (χ0v) is 17.5. The number of Topliss-reactive ketones (excluding diaryl/α,β-unsaturated/α-hetero) is 1. The van der Waals surface area contributed by atoms with Crippen LogP contribution in [0, 0.1) is 5.41 Å². The Balaban J connectivity index is 2.99. The van der Waals surface area contributed by atoms with Gasteiger partial charge in [0.15, 0.2) is 17.3 Å². The lowest BCUT2D eigenvalue weighted by atomic mass is 9.51. The number of carboxylic acids is 1. The van der Waals surface area contributed by atoms with Crippen LogP contribution in [0.2, 0.25) is 0 Å². The van der Waals surface area contributed by atoms with E-state index in [4.69, 9.17) is 4.74 Å². The number of allylic oxidation sites excluding steroid dienone is 1. The first kappa shape index (κ1) is 21.8. The zero-order chi connectivity index (χ0) is 21.6. The van der Waals surface area contributed by atoms with Crippen molar-refractivity contribution in [1.82, 2.24) is 0 Å². The first-order valence-electron chi connectivity index (χ1n) is 9.40. The second-order valence-electron chi connectivity index (χ2n) is 8.49.